The van der Waals surface area contributed by atoms with Gasteiger partial charge in [0.15, 0.2) is 5.37 Å². The molecule has 1 unspecified atom stereocenters. The number of carbonyl (C=O) groups is 1. The third-order valence-corrected chi connectivity index (χ3v) is 3.36. The highest BCUT2D eigenvalue weighted by atomic mass is 35.5. The van der Waals surface area contributed by atoms with Crippen molar-refractivity contribution in [2.75, 3.05) is 14.2 Å². The molecule has 0 aromatic heterocycles. The monoisotopic (exact) mass is 261 g/mol. The standard InChI is InChI=1S/C10H12ClNO3S/c1-12-9(10(13)14)16-6-3-4-8(15-2)7(11)5-6/h3-5,9,12H,1-2H3,(H,13,14). The van der Waals surface area contributed by atoms with Gasteiger partial charge in [0.25, 0.3) is 0 Å². The predicted octanol–water partition coefficient (Wildman–Crippen LogP) is 2.07. The zero-order valence-electron chi connectivity index (χ0n) is 8.86. The van der Waals surface area contributed by atoms with Crippen LogP contribution in [0.15, 0.2) is 23.1 Å². The fourth-order valence-corrected chi connectivity index (χ4v) is 2.24. The van der Waals surface area contributed by atoms with E-state index < -0.39 is 11.3 Å². The van der Waals surface area contributed by atoms with Crippen molar-refractivity contribution in [1.82, 2.24) is 5.32 Å². The van der Waals surface area contributed by atoms with Crippen LogP contribution >= 0.6 is 23.4 Å². The van der Waals surface area contributed by atoms with Crippen LogP contribution in [0.5, 0.6) is 5.75 Å². The van der Waals surface area contributed by atoms with Gasteiger partial charge in [-0.3, -0.25) is 5.32 Å². The fraction of sp³-hybridized carbons (Fsp3) is 0.300. The fourth-order valence-electron chi connectivity index (χ4n) is 1.09. The van der Waals surface area contributed by atoms with Crippen LogP contribution in [0.3, 0.4) is 0 Å². The van der Waals surface area contributed by atoms with E-state index in [1.807, 2.05) is 0 Å². The van der Waals surface area contributed by atoms with Gasteiger partial charge in [-0.05, 0) is 25.2 Å². The van der Waals surface area contributed by atoms with E-state index in [1.165, 1.54) is 18.9 Å². The Labute approximate surface area is 103 Å². The summed E-state index contributed by atoms with van der Waals surface area (Å²) in [4.78, 5) is 11.6. The van der Waals surface area contributed by atoms with Crippen molar-refractivity contribution in [3.63, 3.8) is 0 Å². The summed E-state index contributed by atoms with van der Waals surface area (Å²) >= 11 is 7.11. The lowest BCUT2D eigenvalue weighted by molar-refractivity contribution is -0.136. The van der Waals surface area contributed by atoms with E-state index in [0.717, 1.165) is 4.90 Å². The van der Waals surface area contributed by atoms with E-state index in [9.17, 15) is 4.79 Å². The number of methoxy groups -OCH3 is 1. The largest absolute Gasteiger partial charge is 0.495 e. The van der Waals surface area contributed by atoms with Crippen molar-refractivity contribution < 1.29 is 14.6 Å². The molecule has 0 amide bonds. The van der Waals surface area contributed by atoms with Gasteiger partial charge in [-0.1, -0.05) is 23.4 Å². The molecule has 4 nitrogen and oxygen atoms in total. The lowest BCUT2D eigenvalue weighted by Gasteiger charge is -2.11. The van der Waals surface area contributed by atoms with Gasteiger partial charge in [0, 0.05) is 4.90 Å². The minimum absolute atomic E-state index is 0.466. The number of hydrogen-bond acceptors (Lipinski definition) is 4. The minimum Gasteiger partial charge on any atom is -0.495 e. The number of rotatable bonds is 5. The average molecular weight is 262 g/mol. The summed E-state index contributed by atoms with van der Waals surface area (Å²) in [5.74, 6) is -0.346. The van der Waals surface area contributed by atoms with E-state index in [-0.39, 0.29) is 0 Å². The molecule has 0 aliphatic heterocycles. The molecule has 0 saturated heterocycles. The summed E-state index contributed by atoms with van der Waals surface area (Å²) in [7, 11) is 3.12. The van der Waals surface area contributed by atoms with Crippen molar-refractivity contribution in [1.29, 1.82) is 0 Å². The normalized spacial score (nSPS) is 12.2. The maximum absolute atomic E-state index is 10.8. The van der Waals surface area contributed by atoms with Crippen LogP contribution in [-0.4, -0.2) is 30.6 Å². The Morgan fingerprint density at radius 1 is 1.62 bits per heavy atom. The van der Waals surface area contributed by atoms with Gasteiger partial charge in [0.2, 0.25) is 0 Å². The molecule has 0 bridgehead atoms. The molecule has 6 heteroatoms. The van der Waals surface area contributed by atoms with Gasteiger partial charge in [-0.2, -0.15) is 0 Å². The number of thioether (sulfide) groups is 1. The molecule has 1 aromatic carbocycles. The van der Waals surface area contributed by atoms with Crippen LogP contribution in [0.4, 0.5) is 0 Å². The Balaban J connectivity index is 2.81. The molecule has 1 atom stereocenters. The molecule has 0 saturated carbocycles. The first kappa shape index (κ1) is 13.2. The summed E-state index contributed by atoms with van der Waals surface area (Å²) in [6.07, 6.45) is 0. The number of aliphatic carboxylic acids is 1. The van der Waals surface area contributed by atoms with E-state index in [0.29, 0.717) is 10.8 Å². The van der Waals surface area contributed by atoms with Crippen LogP contribution in [0.25, 0.3) is 0 Å². The second-order valence-electron chi connectivity index (χ2n) is 2.92. The first-order valence-electron chi connectivity index (χ1n) is 4.48. The smallest absolute Gasteiger partial charge is 0.331 e. The topological polar surface area (TPSA) is 58.6 Å². The predicted molar refractivity (Wildman–Crippen MR) is 64.3 cm³/mol. The number of nitrogens with one attached hydrogen (secondary N) is 1. The number of ether oxygens (including phenoxy) is 1. The van der Waals surface area contributed by atoms with E-state index >= 15 is 0 Å². The van der Waals surface area contributed by atoms with Gasteiger partial charge in [0.1, 0.15) is 5.75 Å². The third kappa shape index (κ3) is 3.30. The van der Waals surface area contributed by atoms with Crippen molar-refractivity contribution >= 4 is 29.3 Å². The maximum atomic E-state index is 10.8. The molecule has 0 aliphatic rings. The third-order valence-electron chi connectivity index (χ3n) is 1.86. The Morgan fingerprint density at radius 2 is 2.31 bits per heavy atom. The molecule has 0 spiro atoms. The Bertz CT molecular complexity index is 386. The van der Waals surface area contributed by atoms with Crippen LogP contribution in [0.2, 0.25) is 5.02 Å². The van der Waals surface area contributed by atoms with Crippen molar-refractivity contribution in [3.8, 4) is 5.75 Å². The number of halogens is 1. The lowest BCUT2D eigenvalue weighted by atomic mass is 10.3. The zero-order valence-corrected chi connectivity index (χ0v) is 10.4. The molecular formula is C10H12ClNO3S. The van der Waals surface area contributed by atoms with E-state index in [2.05, 4.69) is 5.32 Å². The van der Waals surface area contributed by atoms with Crippen LogP contribution < -0.4 is 10.1 Å². The molecule has 88 valence electrons. The minimum atomic E-state index is -0.917. The number of carboxylic acids is 1. The molecule has 0 fully saturated rings. The summed E-state index contributed by atoms with van der Waals surface area (Å²) in [5.41, 5.74) is 0. The maximum Gasteiger partial charge on any atom is 0.331 e. The summed E-state index contributed by atoms with van der Waals surface area (Å²) in [6, 6.07) is 5.15. The van der Waals surface area contributed by atoms with Gasteiger partial charge in [0.05, 0.1) is 12.1 Å². The van der Waals surface area contributed by atoms with Crippen LogP contribution in [-0.2, 0) is 4.79 Å². The summed E-state index contributed by atoms with van der Waals surface area (Å²) in [5, 5.41) is 11.3. The number of benzene rings is 1. The lowest BCUT2D eigenvalue weighted by Crippen LogP contribution is -2.30. The Morgan fingerprint density at radius 3 is 2.75 bits per heavy atom. The summed E-state index contributed by atoms with van der Waals surface area (Å²) < 4.78 is 5.01. The Hall–Kier alpha value is -0.910. The van der Waals surface area contributed by atoms with Crippen LogP contribution in [0.1, 0.15) is 0 Å². The van der Waals surface area contributed by atoms with E-state index in [4.69, 9.17) is 21.4 Å². The molecule has 0 aliphatic carbocycles. The first-order valence-corrected chi connectivity index (χ1v) is 5.74. The van der Waals surface area contributed by atoms with Gasteiger partial charge < -0.3 is 9.84 Å². The number of hydrogen-bond donors (Lipinski definition) is 2. The molecule has 0 radical (unpaired) electrons. The molecule has 2 N–H and O–H groups in total. The quantitative estimate of drug-likeness (QED) is 0.628. The number of carboxylic acid groups (broad SMARTS) is 1. The van der Waals surface area contributed by atoms with Crippen molar-refractivity contribution in [2.24, 2.45) is 0 Å². The average Bonchev–Trinajstić information content (AvgIpc) is 2.25. The molecule has 0 heterocycles. The molecular weight excluding hydrogens is 250 g/mol. The highest BCUT2D eigenvalue weighted by molar-refractivity contribution is 8.00. The highest BCUT2D eigenvalue weighted by Crippen LogP contribution is 2.31. The molecule has 1 aromatic rings. The molecule has 1 rings (SSSR count). The van der Waals surface area contributed by atoms with Gasteiger partial charge in [-0.15, -0.1) is 0 Å². The van der Waals surface area contributed by atoms with Crippen molar-refractivity contribution in [3.05, 3.63) is 23.2 Å². The highest BCUT2D eigenvalue weighted by Gasteiger charge is 2.16. The molecule has 16 heavy (non-hydrogen) atoms. The van der Waals surface area contributed by atoms with Crippen molar-refractivity contribution in [2.45, 2.75) is 10.3 Å². The second-order valence-corrected chi connectivity index (χ2v) is 4.51. The van der Waals surface area contributed by atoms with E-state index in [1.54, 1.807) is 25.2 Å². The SMILES string of the molecule is CNC(Sc1ccc(OC)c(Cl)c1)C(=O)O. The van der Waals surface area contributed by atoms with Gasteiger partial charge in [-0.25, -0.2) is 4.79 Å². The zero-order chi connectivity index (χ0) is 12.1. The van der Waals surface area contributed by atoms with Crippen LogP contribution in [0, 0.1) is 0 Å². The number of likely N-dealkylation sites (N-methyl/N-ethyl adjacent to an activating group) is 1. The first-order chi connectivity index (χ1) is 7.58. The van der Waals surface area contributed by atoms with Gasteiger partial charge >= 0.3 is 5.97 Å². The second kappa shape index (κ2) is 5.98. The summed E-state index contributed by atoms with van der Waals surface area (Å²) in [6.45, 7) is 0. The Kier molecular flexibility index (Phi) is 4.92.